The quantitative estimate of drug-likeness (QED) is 0.514. The molecule has 9 heteroatoms. The topological polar surface area (TPSA) is 87.2 Å². The van der Waals surface area contributed by atoms with Gasteiger partial charge in [0.15, 0.2) is 0 Å². The van der Waals surface area contributed by atoms with Crippen molar-refractivity contribution in [1.29, 1.82) is 0 Å². The van der Waals surface area contributed by atoms with Crippen LogP contribution < -0.4 is 10.6 Å². The predicted molar refractivity (Wildman–Crippen MR) is 126 cm³/mol. The molecule has 0 aliphatic carbocycles. The summed E-state index contributed by atoms with van der Waals surface area (Å²) in [6.07, 6.45) is 1.39. The summed E-state index contributed by atoms with van der Waals surface area (Å²) in [7, 11) is 0. The Hall–Kier alpha value is -2.78. The van der Waals surface area contributed by atoms with E-state index in [1.54, 1.807) is 4.90 Å². The zero-order chi connectivity index (χ0) is 22.0. The summed E-state index contributed by atoms with van der Waals surface area (Å²) < 4.78 is 0.981. The second-order valence-electron chi connectivity index (χ2n) is 7.44. The van der Waals surface area contributed by atoms with E-state index < -0.39 is 6.04 Å². The highest BCUT2D eigenvalue weighted by Crippen LogP contribution is 2.28. The standard InChI is InChI=1S/C22H22BrN5O2S/c1-13-5-3-6-17(14(13)2)24-22(30)28-12-4-7-18(28)19(29)25-21-27-26-20(31-21)15-8-10-16(23)11-9-15/h3,5-6,8-11,18H,4,7,12H2,1-2H3,(H,24,30)(H,25,27,29). The van der Waals surface area contributed by atoms with Crippen LogP contribution >= 0.6 is 27.3 Å². The lowest BCUT2D eigenvalue weighted by molar-refractivity contribution is -0.119. The minimum atomic E-state index is -0.537. The molecule has 31 heavy (non-hydrogen) atoms. The third kappa shape index (κ3) is 4.77. The maximum absolute atomic E-state index is 12.9. The Morgan fingerprint density at radius 2 is 1.87 bits per heavy atom. The summed E-state index contributed by atoms with van der Waals surface area (Å²) in [5.74, 6) is -0.243. The van der Waals surface area contributed by atoms with Crippen LogP contribution in [0.25, 0.3) is 10.6 Å². The molecule has 0 spiro atoms. The number of carbonyl (C=O) groups excluding carboxylic acids is 2. The van der Waals surface area contributed by atoms with E-state index in [0.717, 1.165) is 38.3 Å². The molecule has 3 amide bonds. The number of amides is 3. The van der Waals surface area contributed by atoms with Crippen molar-refractivity contribution in [3.05, 3.63) is 58.1 Å². The molecule has 1 unspecified atom stereocenters. The first-order chi connectivity index (χ1) is 14.9. The van der Waals surface area contributed by atoms with Crippen LogP contribution in [0.2, 0.25) is 0 Å². The first-order valence-electron chi connectivity index (χ1n) is 9.96. The lowest BCUT2D eigenvalue weighted by atomic mass is 10.1. The minimum Gasteiger partial charge on any atom is -0.312 e. The first kappa shape index (κ1) is 21.5. The van der Waals surface area contributed by atoms with Crippen LogP contribution in [0.1, 0.15) is 24.0 Å². The molecule has 3 aromatic rings. The molecule has 0 saturated carbocycles. The van der Waals surface area contributed by atoms with Gasteiger partial charge in [0.2, 0.25) is 11.0 Å². The monoisotopic (exact) mass is 499 g/mol. The summed E-state index contributed by atoms with van der Waals surface area (Å²) >= 11 is 4.72. The van der Waals surface area contributed by atoms with Crippen LogP contribution in [0.4, 0.5) is 15.6 Å². The number of rotatable bonds is 4. The van der Waals surface area contributed by atoms with Gasteiger partial charge in [-0.3, -0.25) is 10.1 Å². The third-order valence-electron chi connectivity index (χ3n) is 5.41. The van der Waals surface area contributed by atoms with Crippen LogP contribution in [0.3, 0.4) is 0 Å². The number of anilines is 2. The average Bonchev–Trinajstić information content (AvgIpc) is 3.42. The summed E-state index contributed by atoms with van der Waals surface area (Å²) in [5, 5.41) is 15.2. The maximum atomic E-state index is 12.9. The van der Waals surface area contributed by atoms with Crippen molar-refractivity contribution in [2.75, 3.05) is 17.2 Å². The molecule has 4 rings (SSSR count). The first-order valence-corrected chi connectivity index (χ1v) is 11.6. The largest absolute Gasteiger partial charge is 0.322 e. The van der Waals surface area contributed by atoms with E-state index >= 15 is 0 Å². The van der Waals surface area contributed by atoms with E-state index in [0.29, 0.717) is 18.1 Å². The Kier molecular flexibility index (Phi) is 6.33. The number of aromatic nitrogens is 2. The molecule has 0 bridgehead atoms. The third-order valence-corrected chi connectivity index (χ3v) is 6.83. The van der Waals surface area contributed by atoms with Gasteiger partial charge in [-0.1, -0.05) is 51.5 Å². The molecule has 160 valence electrons. The van der Waals surface area contributed by atoms with E-state index in [1.165, 1.54) is 11.3 Å². The van der Waals surface area contributed by atoms with Gasteiger partial charge >= 0.3 is 6.03 Å². The summed E-state index contributed by atoms with van der Waals surface area (Å²) in [5.41, 5.74) is 3.81. The molecule has 1 aliphatic heterocycles. The Morgan fingerprint density at radius 3 is 2.65 bits per heavy atom. The number of hydrogen-bond acceptors (Lipinski definition) is 5. The van der Waals surface area contributed by atoms with E-state index in [1.807, 2.05) is 56.3 Å². The van der Waals surface area contributed by atoms with Gasteiger partial charge in [0.05, 0.1) is 0 Å². The van der Waals surface area contributed by atoms with Gasteiger partial charge < -0.3 is 10.2 Å². The molecule has 1 saturated heterocycles. The number of hydrogen-bond donors (Lipinski definition) is 2. The molecule has 2 aromatic carbocycles. The Labute approximate surface area is 193 Å². The summed E-state index contributed by atoms with van der Waals surface area (Å²) in [6.45, 7) is 4.51. The van der Waals surface area contributed by atoms with Gasteiger partial charge in [0.25, 0.3) is 0 Å². The number of nitrogens with zero attached hydrogens (tertiary/aromatic N) is 3. The molecule has 1 aliphatic rings. The number of halogens is 1. The highest BCUT2D eigenvalue weighted by Gasteiger charge is 2.34. The van der Waals surface area contributed by atoms with Crippen LogP contribution in [0, 0.1) is 13.8 Å². The molecule has 2 N–H and O–H groups in total. The van der Waals surface area contributed by atoms with Crippen LogP contribution in [0.5, 0.6) is 0 Å². The molecule has 1 atom stereocenters. The van der Waals surface area contributed by atoms with Crippen molar-refractivity contribution < 1.29 is 9.59 Å². The number of nitrogens with one attached hydrogen (secondary N) is 2. The fraction of sp³-hybridized carbons (Fsp3) is 0.273. The predicted octanol–water partition coefficient (Wildman–Crippen LogP) is 5.22. The lowest BCUT2D eigenvalue weighted by Gasteiger charge is -2.24. The Bertz CT molecular complexity index is 1120. The fourth-order valence-corrected chi connectivity index (χ4v) is 4.54. The van der Waals surface area contributed by atoms with Gasteiger partial charge in [0.1, 0.15) is 11.0 Å². The number of aryl methyl sites for hydroxylation is 1. The van der Waals surface area contributed by atoms with Crippen LogP contribution in [-0.4, -0.2) is 39.6 Å². The average molecular weight is 500 g/mol. The number of urea groups is 1. The van der Waals surface area contributed by atoms with Crippen molar-refractivity contribution in [3.63, 3.8) is 0 Å². The molecule has 1 fully saturated rings. The van der Waals surface area contributed by atoms with Crippen molar-refractivity contribution >= 4 is 50.0 Å². The van der Waals surface area contributed by atoms with Crippen molar-refractivity contribution in [2.24, 2.45) is 0 Å². The van der Waals surface area contributed by atoms with Gasteiger partial charge in [-0.05, 0) is 56.0 Å². The van der Waals surface area contributed by atoms with Crippen LogP contribution in [-0.2, 0) is 4.79 Å². The van der Waals surface area contributed by atoms with Crippen molar-refractivity contribution in [2.45, 2.75) is 32.7 Å². The molecule has 0 radical (unpaired) electrons. The molecule has 2 heterocycles. The van der Waals surface area contributed by atoms with Crippen LogP contribution in [0.15, 0.2) is 46.9 Å². The minimum absolute atomic E-state index is 0.243. The highest BCUT2D eigenvalue weighted by molar-refractivity contribution is 9.10. The number of likely N-dealkylation sites (tertiary alicyclic amines) is 1. The van der Waals surface area contributed by atoms with E-state index in [-0.39, 0.29) is 11.9 Å². The summed E-state index contributed by atoms with van der Waals surface area (Å²) in [6, 6.07) is 12.7. The van der Waals surface area contributed by atoms with Crippen molar-refractivity contribution in [3.8, 4) is 10.6 Å². The zero-order valence-corrected chi connectivity index (χ0v) is 19.6. The van der Waals surface area contributed by atoms with Gasteiger partial charge in [-0.2, -0.15) is 0 Å². The highest BCUT2D eigenvalue weighted by atomic mass is 79.9. The van der Waals surface area contributed by atoms with E-state index in [4.69, 9.17) is 0 Å². The Balaban J connectivity index is 1.43. The second kappa shape index (κ2) is 9.15. The molecular formula is C22H22BrN5O2S. The van der Waals surface area contributed by atoms with Gasteiger partial charge in [0, 0.05) is 22.3 Å². The normalized spacial score (nSPS) is 15.7. The fourth-order valence-electron chi connectivity index (χ4n) is 3.53. The molecule has 7 nitrogen and oxygen atoms in total. The number of benzene rings is 2. The zero-order valence-electron chi connectivity index (χ0n) is 17.2. The molecule has 1 aromatic heterocycles. The SMILES string of the molecule is Cc1cccc(NC(=O)N2CCCC2C(=O)Nc2nnc(-c3ccc(Br)cc3)s2)c1C. The second-order valence-corrected chi connectivity index (χ2v) is 9.33. The maximum Gasteiger partial charge on any atom is 0.322 e. The van der Waals surface area contributed by atoms with E-state index in [2.05, 4.69) is 36.8 Å². The molecular weight excluding hydrogens is 478 g/mol. The van der Waals surface area contributed by atoms with E-state index in [9.17, 15) is 9.59 Å². The van der Waals surface area contributed by atoms with Crippen molar-refractivity contribution in [1.82, 2.24) is 15.1 Å². The smallest absolute Gasteiger partial charge is 0.312 e. The lowest BCUT2D eigenvalue weighted by Crippen LogP contribution is -2.45. The Morgan fingerprint density at radius 1 is 1.10 bits per heavy atom. The number of carbonyl (C=O) groups is 2. The summed E-state index contributed by atoms with van der Waals surface area (Å²) in [4.78, 5) is 27.4. The van der Waals surface area contributed by atoms with Gasteiger partial charge in [-0.25, -0.2) is 4.79 Å². The van der Waals surface area contributed by atoms with Gasteiger partial charge in [-0.15, -0.1) is 10.2 Å².